The summed E-state index contributed by atoms with van der Waals surface area (Å²) >= 11 is 0. The van der Waals surface area contributed by atoms with Crippen LogP contribution in [0, 0.1) is 6.92 Å². The van der Waals surface area contributed by atoms with E-state index in [1.165, 1.54) is 11.1 Å². The summed E-state index contributed by atoms with van der Waals surface area (Å²) in [5.41, 5.74) is 2.48. The molecule has 0 bridgehead atoms. The van der Waals surface area contributed by atoms with Gasteiger partial charge in [0.2, 0.25) is 0 Å². The SMILES string of the molecule is Cc1nc2nccc(NCc3ccc(CN4CCC(O)C4)cc3)n2n1. The summed E-state index contributed by atoms with van der Waals surface area (Å²) in [7, 11) is 0. The molecule has 1 atom stereocenters. The van der Waals surface area contributed by atoms with Crippen LogP contribution >= 0.6 is 0 Å². The summed E-state index contributed by atoms with van der Waals surface area (Å²) in [6.45, 7) is 5.21. The Morgan fingerprint density at radius 2 is 2.00 bits per heavy atom. The van der Waals surface area contributed by atoms with Crippen LogP contribution in [0.5, 0.6) is 0 Å². The molecule has 1 saturated heterocycles. The van der Waals surface area contributed by atoms with Gasteiger partial charge in [0.05, 0.1) is 6.10 Å². The average molecular weight is 338 g/mol. The molecule has 4 rings (SSSR count). The molecule has 7 heteroatoms. The third-order valence-electron chi connectivity index (χ3n) is 4.50. The van der Waals surface area contributed by atoms with Crippen LogP contribution in [0.4, 0.5) is 5.82 Å². The van der Waals surface area contributed by atoms with Gasteiger partial charge in [0.1, 0.15) is 11.6 Å². The first kappa shape index (κ1) is 16.0. The van der Waals surface area contributed by atoms with Gasteiger partial charge in [-0.2, -0.15) is 9.50 Å². The minimum absolute atomic E-state index is 0.166. The van der Waals surface area contributed by atoms with Crippen LogP contribution in [0.2, 0.25) is 0 Å². The van der Waals surface area contributed by atoms with Crippen LogP contribution in [-0.4, -0.2) is 48.8 Å². The number of hydrogen-bond donors (Lipinski definition) is 2. The Bertz CT molecular complexity index is 860. The van der Waals surface area contributed by atoms with E-state index in [9.17, 15) is 5.11 Å². The van der Waals surface area contributed by atoms with Crippen LogP contribution in [0.25, 0.3) is 5.78 Å². The second kappa shape index (κ2) is 6.78. The highest BCUT2D eigenvalue weighted by Gasteiger charge is 2.19. The van der Waals surface area contributed by atoms with Gasteiger partial charge < -0.3 is 10.4 Å². The first-order chi connectivity index (χ1) is 12.2. The number of nitrogens with zero attached hydrogens (tertiary/aromatic N) is 5. The van der Waals surface area contributed by atoms with Crippen molar-refractivity contribution in [2.24, 2.45) is 0 Å². The number of likely N-dealkylation sites (tertiary alicyclic amines) is 1. The highest BCUT2D eigenvalue weighted by Crippen LogP contribution is 2.15. The van der Waals surface area contributed by atoms with Crippen LogP contribution in [0.3, 0.4) is 0 Å². The quantitative estimate of drug-likeness (QED) is 0.736. The van der Waals surface area contributed by atoms with Crippen molar-refractivity contribution in [3.8, 4) is 0 Å². The van der Waals surface area contributed by atoms with Crippen molar-refractivity contribution in [3.63, 3.8) is 0 Å². The lowest BCUT2D eigenvalue weighted by Gasteiger charge is -2.15. The van der Waals surface area contributed by atoms with Gasteiger partial charge in [-0.1, -0.05) is 24.3 Å². The standard InChI is InChI=1S/C18H22N6O/c1-13-21-18-19-8-6-17(24(18)22-13)20-10-14-2-4-15(5-3-14)11-23-9-7-16(25)12-23/h2-6,8,16,20,25H,7,9-12H2,1H3. The molecular formula is C18H22N6O. The van der Waals surface area contributed by atoms with Crippen molar-refractivity contribution >= 4 is 11.6 Å². The lowest BCUT2D eigenvalue weighted by Crippen LogP contribution is -2.21. The molecule has 1 aliphatic heterocycles. The van der Waals surface area contributed by atoms with Gasteiger partial charge in [-0.15, -0.1) is 5.10 Å². The third kappa shape index (κ3) is 3.62. The minimum atomic E-state index is -0.166. The third-order valence-corrected chi connectivity index (χ3v) is 4.50. The highest BCUT2D eigenvalue weighted by atomic mass is 16.3. The number of aromatic nitrogens is 4. The molecule has 0 aliphatic carbocycles. The van der Waals surface area contributed by atoms with Crippen LogP contribution in [-0.2, 0) is 13.1 Å². The Labute approximate surface area is 146 Å². The predicted octanol–water partition coefficient (Wildman–Crippen LogP) is 1.61. The Balaban J connectivity index is 1.39. The Kier molecular flexibility index (Phi) is 4.33. The molecule has 2 aromatic heterocycles. The summed E-state index contributed by atoms with van der Waals surface area (Å²) < 4.78 is 1.72. The molecule has 1 fully saturated rings. The van der Waals surface area contributed by atoms with E-state index in [0.717, 1.165) is 31.9 Å². The number of benzene rings is 1. The summed E-state index contributed by atoms with van der Waals surface area (Å²) in [4.78, 5) is 10.8. The lowest BCUT2D eigenvalue weighted by molar-refractivity contribution is 0.175. The Hall–Kier alpha value is -2.51. The second-order valence-electron chi connectivity index (χ2n) is 6.55. The fourth-order valence-electron chi connectivity index (χ4n) is 3.20. The van der Waals surface area contributed by atoms with Crippen LogP contribution in [0.15, 0.2) is 36.5 Å². The smallest absolute Gasteiger partial charge is 0.254 e. The maximum absolute atomic E-state index is 9.61. The first-order valence-corrected chi connectivity index (χ1v) is 8.58. The Morgan fingerprint density at radius 3 is 2.76 bits per heavy atom. The molecule has 0 spiro atoms. The van der Waals surface area contributed by atoms with Crippen molar-refractivity contribution in [3.05, 3.63) is 53.5 Å². The molecule has 25 heavy (non-hydrogen) atoms. The number of aliphatic hydroxyl groups is 1. The molecule has 1 aromatic carbocycles. The molecule has 130 valence electrons. The van der Waals surface area contributed by atoms with E-state index < -0.39 is 0 Å². The van der Waals surface area contributed by atoms with Crippen molar-refractivity contribution in [2.45, 2.75) is 32.5 Å². The number of anilines is 1. The van der Waals surface area contributed by atoms with E-state index in [1.807, 2.05) is 13.0 Å². The zero-order chi connectivity index (χ0) is 17.2. The van der Waals surface area contributed by atoms with Gasteiger partial charge in [0.15, 0.2) is 0 Å². The second-order valence-corrected chi connectivity index (χ2v) is 6.55. The largest absolute Gasteiger partial charge is 0.392 e. The maximum Gasteiger partial charge on any atom is 0.254 e. The average Bonchev–Trinajstić information content (AvgIpc) is 3.19. The normalized spacial score (nSPS) is 18.1. The van der Waals surface area contributed by atoms with Crippen molar-refractivity contribution < 1.29 is 5.11 Å². The molecule has 7 nitrogen and oxygen atoms in total. The molecule has 0 radical (unpaired) electrons. The number of β-amino-alcohol motifs (C(OH)–C–C–N with tert-alkyl or cyclic N) is 1. The number of nitrogens with one attached hydrogen (secondary N) is 1. The maximum atomic E-state index is 9.61. The number of aliphatic hydroxyl groups excluding tert-OH is 1. The topological polar surface area (TPSA) is 78.6 Å². The lowest BCUT2D eigenvalue weighted by atomic mass is 10.1. The van der Waals surface area contributed by atoms with E-state index in [4.69, 9.17) is 0 Å². The zero-order valence-corrected chi connectivity index (χ0v) is 14.3. The zero-order valence-electron chi connectivity index (χ0n) is 14.3. The molecule has 0 amide bonds. The fourth-order valence-corrected chi connectivity index (χ4v) is 3.20. The first-order valence-electron chi connectivity index (χ1n) is 8.58. The summed E-state index contributed by atoms with van der Waals surface area (Å²) in [6.07, 6.45) is 2.45. The van der Waals surface area contributed by atoms with E-state index >= 15 is 0 Å². The van der Waals surface area contributed by atoms with Crippen molar-refractivity contribution in [1.29, 1.82) is 0 Å². The van der Waals surface area contributed by atoms with E-state index in [2.05, 4.69) is 49.5 Å². The summed E-state index contributed by atoms with van der Waals surface area (Å²) in [5, 5.41) is 17.4. The molecule has 1 unspecified atom stereocenters. The van der Waals surface area contributed by atoms with Gasteiger partial charge in [0, 0.05) is 32.4 Å². The summed E-state index contributed by atoms with van der Waals surface area (Å²) in [6, 6.07) is 10.5. The number of rotatable bonds is 5. The number of hydrogen-bond acceptors (Lipinski definition) is 6. The monoisotopic (exact) mass is 338 g/mol. The highest BCUT2D eigenvalue weighted by molar-refractivity contribution is 5.43. The molecular weight excluding hydrogens is 316 g/mol. The van der Waals surface area contributed by atoms with Gasteiger partial charge in [-0.25, -0.2) is 4.98 Å². The molecule has 2 N–H and O–H groups in total. The van der Waals surface area contributed by atoms with Crippen LogP contribution < -0.4 is 5.32 Å². The summed E-state index contributed by atoms with van der Waals surface area (Å²) in [5.74, 6) is 2.18. The number of fused-ring (bicyclic) bond motifs is 1. The van der Waals surface area contributed by atoms with E-state index in [-0.39, 0.29) is 6.10 Å². The molecule has 1 aliphatic rings. The van der Waals surface area contributed by atoms with Crippen LogP contribution in [0.1, 0.15) is 23.4 Å². The van der Waals surface area contributed by atoms with Gasteiger partial charge in [0.25, 0.3) is 5.78 Å². The van der Waals surface area contributed by atoms with Gasteiger partial charge in [-0.05, 0) is 30.5 Å². The van der Waals surface area contributed by atoms with E-state index in [1.54, 1.807) is 10.7 Å². The van der Waals surface area contributed by atoms with Gasteiger partial charge >= 0.3 is 0 Å². The minimum Gasteiger partial charge on any atom is -0.392 e. The molecule has 3 aromatic rings. The van der Waals surface area contributed by atoms with Crippen molar-refractivity contribution in [2.75, 3.05) is 18.4 Å². The Morgan fingerprint density at radius 1 is 1.20 bits per heavy atom. The van der Waals surface area contributed by atoms with E-state index in [0.29, 0.717) is 18.1 Å². The molecule has 0 saturated carbocycles. The van der Waals surface area contributed by atoms with Gasteiger partial charge in [-0.3, -0.25) is 4.90 Å². The fraction of sp³-hybridized carbons (Fsp3) is 0.389. The number of aryl methyl sites for hydroxylation is 1. The van der Waals surface area contributed by atoms with Crippen molar-refractivity contribution in [1.82, 2.24) is 24.5 Å². The molecule has 3 heterocycles. The predicted molar refractivity (Wildman–Crippen MR) is 95.2 cm³/mol.